The van der Waals surface area contributed by atoms with Crippen LogP contribution < -0.4 is 5.73 Å². The molecule has 1 aliphatic rings. The molecule has 1 amide bonds. The van der Waals surface area contributed by atoms with Crippen LogP contribution in [0.5, 0.6) is 0 Å². The highest BCUT2D eigenvalue weighted by Gasteiger charge is 2.21. The summed E-state index contributed by atoms with van der Waals surface area (Å²) in [6, 6.07) is 8.86. The van der Waals surface area contributed by atoms with Gasteiger partial charge in [0.1, 0.15) is 0 Å². The summed E-state index contributed by atoms with van der Waals surface area (Å²) in [5.74, 6) is 0.134. The summed E-state index contributed by atoms with van der Waals surface area (Å²) in [5.41, 5.74) is 7.94. The van der Waals surface area contributed by atoms with Gasteiger partial charge in [0.25, 0.3) is 5.91 Å². The average molecular weight is 376 g/mol. The van der Waals surface area contributed by atoms with E-state index in [2.05, 4.69) is 37.8 Å². The van der Waals surface area contributed by atoms with Crippen LogP contribution in [0.1, 0.15) is 49.5 Å². The van der Waals surface area contributed by atoms with Crippen molar-refractivity contribution in [2.75, 3.05) is 19.6 Å². The first-order chi connectivity index (χ1) is 10.5. The Bertz CT molecular complexity index is 486. The van der Waals surface area contributed by atoms with Crippen molar-refractivity contribution in [2.24, 2.45) is 5.73 Å². The number of likely N-dealkylation sites (tertiary alicyclic amines) is 1. The second-order valence-electron chi connectivity index (χ2n) is 6.48. The number of benzene rings is 1. The van der Waals surface area contributed by atoms with E-state index in [1.807, 2.05) is 17.0 Å². The van der Waals surface area contributed by atoms with E-state index in [-0.39, 0.29) is 36.8 Å². The molecule has 6 heteroatoms. The SMILES string of the molecule is CCN(Cc1ccc(C(=O)N2CCC(N)CC2)cc1)C(C)C.Cl.Cl. The maximum Gasteiger partial charge on any atom is 0.253 e. The lowest BCUT2D eigenvalue weighted by Crippen LogP contribution is -2.42. The van der Waals surface area contributed by atoms with Gasteiger partial charge in [0.15, 0.2) is 0 Å². The molecule has 138 valence electrons. The highest BCUT2D eigenvalue weighted by molar-refractivity contribution is 5.94. The number of nitrogens with two attached hydrogens (primary N) is 1. The van der Waals surface area contributed by atoms with Crippen molar-refractivity contribution >= 4 is 30.7 Å². The van der Waals surface area contributed by atoms with Crippen molar-refractivity contribution in [1.82, 2.24) is 9.80 Å². The molecule has 0 aromatic heterocycles. The summed E-state index contributed by atoms with van der Waals surface area (Å²) in [5, 5.41) is 0. The van der Waals surface area contributed by atoms with Gasteiger partial charge in [-0.05, 0) is 50.9 Å². The Morgan fingerprint density at radius 1 is 1.21 bits per heavy atom. The number of hydrogen-bond donors (Lipinski definition) is 1. The van der Waals surface area contributed by atoms with E-state index in [1.165, 1.54) is 5.56 Å². The average Bonchev–Trinajstić information content (AvgIpc) is 2.53. The summed E-state index contributed by atoms with van der Waals surface area (Å²) < 4.78 is 0. The van der Waals surface area contributed by atoms with Crippen LogP contribution in [0.4, 0.5) is 0 Å². The molecule has 0 aliphatic carbocycles. The predicted octanol–water partition coefficient (Wildman–Crippen LogP) is 3.32. The van der Waals surface area contributed by atoms with Gasteiger partial charge >= 0.3 is 0 Å². The summed E-state index contributed by atoms with van der Waals surface area (Å²) in [7, 11) is 0. The first-order valence-electron chi connectivity index (χ1n) is 8.39. The Kier molecular flexibility index (Phi) is 10.6. The summed E-state index contributed by atoms with van der Waals surface area (Å²) in [4.78, 5) is 16.8. The molecule has 24 heavy (non-hydrogen) atoms. The minimum atomic E-state index is 0. The van der Waals surface area contributed by atoms with Crippen LogP contribution in [0.15, 0.2) is 24.3 Å². The van der Waals surface area contributed by atoms with Gasteiger partial charge in [0, 0.05) is 37.3 Å². The van der Waals surface area contributed by atoms with Crippen LogP contribution in [0, 0.1) is 0 Å². The van der Waals surface area contributed by atoms with Gasteiger partial charge in [-0.2, -0.15) is 0 Å². The van der Waals surface area contributed by atoms with Gasteiger partial charge in [-0.3, -0.25) is 9.69 Å². The van der Waals surface area contributed by atoms with Gasteiger partial charge in [-0.1, -0.05) is 19.1 Å². The fourth-order valence-electron chi connectivity index (χ4n) is 2.93. The number of hydrogen-bond acceptors (Lipinski definition) is 3. The first kappa shape index (κ1) is 23.2. The Hall–Kier alpha value is -0.810. The highest BCUT2D eigenvalue weighted by atomic mass is 35.5. The molecule has 1 fully saturated rings. The molecule has 0 bridgehead atoms. The topological polar surface area (TPSA) is 49.6 Å². The Labute approximate surface area is 158 Å². The van der Waals surface area contributed by atoms with Crippen molar-refractivity contribution in [1.29, 1.82) is 0 Å². The first-order valence-corrected chi connectivity index (χ1v) is 8.39. The van der Waals surface area contributed by atoms with E-state index in [0.29, 0.717) is 6.04 Å². The van der Waals surface area contributed by atoms with Crippen LogP contribution in [0.25, 0.3) is 0 Å². The molecule has 0 radical (unpaired) electrons. The molecule has 0 saturated carbocycles. The second-order valence-corrected chi connectivity index (χ2v) is 6.48. The van der Waals surface area contributed by atoms with Gasteiger partial charge in [0.05, 0.1) is 0 Å². The van der Waals surface area contributed by atoms with Gasteiger partial charge in [-0.15, -0.1) is 24.8 Å². The van der Waals surface area contributed by atoms with Crippen molar-refractivity contribution in [3.8, 4) is 0 Å². The molecule has 0 atom stereocenters. The normalized spacial score (nSPS) is 15.2. The summed E-state index contributed by atoms with van der Waals surface area (Å²) in [6.07, 6.45) is 1.81. The number of amides is 1. The molecule has 4 nitrogen and oxygen atoms in total. The zero-order chi connectivity index (χ0) is 16.1. The molecule has 2 rings (SSSR count). The zero-order valence-electron chi connectivity index (χ0n) is 14.9. The van der Waals surface area contributed by atoms with Crippen molar-refractivity contribution in [3.05, 3.63) is 35.4 Å². The molecule has 1 aromatic rings. The maximum absolute atomic E-state index is 12.5. The molecule has 1 aromatic carbocycles. The smallest absolute Gasteiger partial charge is 0.253 e. The lowest BCUT2D eigenvalue weighted by molar-refractivity contribution is 0.0714. The number of carbonyl (C=O) groups excluding carboxylic acids is 1. The third-order valence-corrected chi connectivity index (χ3v) is 4.55. The Morgan fingerprint density at radius 3 is 2.21 bits per heavy atom. The van der Waals surface area contributed by atoms with Crippen molar-refractivity contribution in [2.45, 2.75) is 52.2 Å². The van der Waals surface area contributed by atoms with Gasteiger partial charge in [0.2, 0.25) is 0 Å². The van der Waals surface area contributed by atoms with Crippen LogP contribution in [0.2, 0.25) is 0 Å². The number of piperidine rings is 1. The summed E-state index contributed by atoms with van der Waals surface area (Å²) in [6.45, 7) is 10.1. The number of nitrogens with zero attached hydrogens (tertiary/aromatic N) is 2. The third kappa shape index (κ3) is 6.25. The molecule has 1 aliphatic heterocycles. The zero-order valence-corrected chi connectivity index (χ0v) is 16.5. The molecule has 1 saturated heterocycles. The molecule has 1 heterocycles. The highest BCUT2D eigenvalue weighted by Crippen LogP contribution is 2.15. The van der Waals surface area contributed by atoms with Crippen LogP contribution in [-0.2, 0) is 6.54 Å². The van der Waals surface area contributed by atoms with Crippen LogP contribution >= 0.6 is 24.8 Å². The van der Waals surface area contributed by atoms with E-state index in [1.54, 1.807) is 0 Å². The minimum Gasteiger partial charge on any atom is -0.339 e. The van der Waals surface area contributed by atoms with Gasteiger partial charge in [-0.25, -0.2) is 0 Å². The number of carbonyl (C=O) groups is 1. The fraction of sp³-hybridized carbons (Fsp3) is 0.611. The minimum absolute atomic E-state index is 0. The van der Waals surface area contributed by atoms with E-state index in [9.17, 15) is 4.79 Å². The van der Waals surface area contributed by atoms with Crippen molar-refractivity contribution < 1.29 is 4.79 Å². The molecule has 2 N–H and O–H groups in total. The van der Waals surface area contributed by atoms with Crippen LogP contribution in [0.3, 0.4) is 0 Å². The Balaban J connectivity index is 0.00000264. The van der Waals surface area contributed by atoms with E-state index < -0.39 is 0 Å². The number of rotatable bonds is 5. The van der Waals surface area contributed by atoms with E-state index in [4.69, 9.17) is 5.73 Å². The lowest BCUT2D eigenvalue weighted by atomic mass is 10.0. The largest absolute Gasteiger partial charge is 0.339 e. The van der Waals surface area contributed by atoms with Crippen molar-refractivity contribution in [3.63, 3.8) is 0 Å². The van der Waals surface area contributed by atoms with Gasteiger partial charge < -0.3 is 10.6 Å². The monoisotopic (exact) mass is 375 g/mol. The fourth-order valence-corrected chi connectivity index (χ4v) is 2.93. The third-order valence-electron chi connectivity index (χ3n) is 4.55. The summed E-state index contributed by atoms with van der Waals surface area (Å²) >= 11 is 0. The predicted molar refractivity (Wildman–Crippen MR) is 105 cm³/mol. The second kappa shape index (κ2) is 10.9. The molecular weight excluding hydrogens is 345 g/mol. The number of halogens is 2. The molecule has 0 spiro atoms. The Morgan fingerprint density at radius 2 is 1.75 bits per heavy atom. The van der Waals surface area contributed by atoms with E-state index in [0.717, 1.165) is 44.6 Å². The maximum atomic E-state index is 12.5. The van der Waals surface area contributed by atoms with E-state index >= 15 is 0 Å². The quantitative estimate of drug-likeness (QED) is 0.858. The molecular formula is C18H31Cl2N3O. The lowest BCUT2D eigenvalue weighted by Gasteiger charge is -2.30. The molecule has 0 unspecified atom stereocenters. The standard InChI is InChI=1S/C18H29N3O.2ClH/c1-4-20(14(2)3)13-15-5-7-16(8-6-15)18(22)21-11-9-17(19)10-12-21;;/h5-8,14,17H,4,9-13,19H2,1-3H3;2*1H. The van der Waals surface area contributed by atoms with Crippen LogP contribution in [-0.4, -0.2) is 47.4 Å².